The second-order valence-electron chi connectivity index (χ2n) is 5.72. The van der Waals surface area contributed by atoms with E-state index in [4.69, 9.17) is 0 Å². The molecule has 1 heterocycles. The first-order valence-electron chi connectivity index (χ1n) is 6.92. The zero-order valence-corrected chi connectivity index (χ0v) is 11.8. The minimum absolute atomic E-state index is 0.101. The molecule has 0 radical (unpaired) electrons. The van der Waals surface area contributed by atoms with Gasteiger partial charge < -0.3 is 10.0 Å². The van der Waals surface area contributed by atoms with Crippen LogP contribution in [0.1, 0.15) is 36.9 Å². The average Bonchev–Trinajstić information content (AvgIpc) is 2.61. The number of nitrogens with zero attached hydrogens (tertiary/aromatic N) is 3. The molecular weight excluding hydrogens is 226 g/mol. The summed E-state index contributed by atoms with van der Waals surface area (Å²) >= 11 is 0. The van der Waals surface area contributed by atoms with Gasteiger partial charge in [0.15, 0.2) is 0 Å². The van der Waals surface area contributed by atoms with Crippen molar-refractivity contribution in [1.29, 1.82) is 0 Å². The van der Waals surface area contributed by atoms with E-state index in [1.54, 1.807) is 0 Å². The Morgan fingerprint density at radius 3 is 2.78 bits per heavy atom. The molecule has 1 aromatic rings. The van der Waals surface area contributed by atoms with Crippen molar-refractivity contribution in [2.75, 3.05) is 13.6 Å². The lowest BCUT2D eigenvalue weighted by atomic mass is 9.86. The van der Waals surface area contributed by atoms with Crippen molar-refractivity contribution in [3.8, 4) is 0 Å². The summed E-state index contributed by atoms with van der Waals surface area (Å²) in [5.41, 5.74) is 2.39. The molecule has 4 nitrogen and oxygen atoms in total. The third-order valence-corrected chi connectivity index (χ3v) is 3.97. The Hall–Kier alpha value is -0.870. The van der Waals surface area contributed by atoms with E-state index >= 15 is 0 Å². The predicted octanol–water partition coefficient (Wildman–Crippen LogP) is 1.71. The van der Waals surface area contributed by atoms with Crippen LogP contribution in [0, 0.1) is 12.8 Å². The fraction of sp³-hybridized carbons (Fsp3) is 0.786. The molecule has 102 valence electrons. The van der Waals surface area contributed by atoms with Crippen molar-refractivity contribution in [2.45, 2.75) is 45.3 Å². The van der Waals surface area contributed by atoms with E-state index in [1.807, 2.05) is 11.7 Å². The number of aryl methyl sites for hydroxylation is 2. The van der Waals surface area contributed by atoms with Gasteiger partial charge in [-0.1, -0.05) is 12.8 Å². The van der Waals surface area contributed by atoms with E-state index in [-0.39, 0.29) is 6.10 Å². The fourth-order valence-corrected chi connectivity index (χ4v) is 2.96. The number of aromatic nitrogens is 2. The maximum Gasteiger partial charge on any atom is 0.0638 e. The molecule has 0 bridgehead atoms. The summed E-state index contributed by atoms with van der Waals surface area (Å²) in [6.45, 7) is 3.96. The first-order chi connectivity index (χ1) is 8.56. The summed E-state index contributed by atoms with van der Waals surface area (Å²) in [4.78, 5) is 2.31. The molecule has 18 heavy (non-hydrogen) atoms. The number of aliphatic hydroxyl groups is 1. The summed E-state index contributed by atoms with van der Waals surface area (Å²) in [5, 5.41) is 14.4. The van der Waals surface area contributed by atoms with Gasteiger partial charge in [0, 0.05) is 31.9 Å². The molecule has 1 saturated carbocycles. The second kappa shape index (κ2) is 5.85. The second-order valence-corrected chi connectivity index (χ2v) is 5.72. The maximum atomic E-state index is 10.00. The van der Waals surface area contributed by atoms with Crippen LogP contribution in [-0.4, -0.2) is 39.5 Å². The highest BCUT2D eigenvalue weighted by Crippen LogP contribution is 2.25. The third-order valence-electron chi connectivity index (χ3n) is 3.97. The SMILES string of the molecule is Cc1nn(C)cc1CN(C)CC1CCCCC1O. The Bertz CT molecular complexity index is 388. The van der Waals surface area contributed by atoms with Gasteiger partial charge in [-0.3, -0.25) is 4.68 Å². The number of rotatable bonds is 4. The van der Waals surface area contributed by atoms with Crippen molar-refractivity contribution in [3.63, 3.8) is 0 Å². The molecule has 2 rings (SSSR count). The van der Waals surface area contributed by atoms with Crippen LogP contribution in [0.3, 0.4) is 0 Å². The fourth-order valence-electron chi connectivity index (χ4n) is 2.96. The van der Waals surface area contributed by atoms with E-state index in [9.17, 15) is 5.11 Å². The molecule has 0 aliphatic heterocycles. The zero-order valence-electron chi connectivity index (χ0n) is 11.8. The smallest absolute Gasteiger partial charge is 0.0638 e. The van der Waals surface area contributed by atoms with Crippen LogP contribution < -0.4 is 0 Å². The van der Waals surface area contributed by atoms with E-state index in [0.717, 1.165) is 31.6 Å². The van der Waals surface area contributed by atoms with E-state index in [0.29, 0.717) is 5.92 Å². The van der Waals surface area contributed by atoms with Crippen molar-refractivity contribution in [2.24, 2.45) is 13.0 Å². The first kappa shape index (κ1) is 13.6. The molecule has 0 amide bonds. The van der Waals surface area contributed by atoms with Crippen molar-refractivity contribution in [3.05, 3.63) is 17.5 Å². The molecule has 1 fully saturated rings. The van der Waals surface area contributed by atoms with Crippen LogP contribution in [0.4, 0.5) is 0 Å². The molecule has 2 unspecified atom stereocenters. The Labute approximate surface area is 110 Å². The van der Waals surface area contributed by atoms with Gasteiger partial charge in [0.25, 0.3) is 0 Å². The molecular formula is C14H25N3O. The van der Waals surface area contributed by atoms with Crippen molar-refractivity contribution >= 4 is 0 Å². The topological polar surface area (TPSA) is 41.3 Å². The van der Waals surface area contributed by atoms with Crippen LogP contribution in [0.2, 0.25) is 0 Å². The van der Waals surface area contributed by atoms with Gasteiger partial charge in [0.1, 0.15) is 0 Å². The highest BCUT2D eigenvalue weighted by molar-refractivity contribution is 5.14. The van der Waals surface area contributed by atoms with Crippen LogP contribution >= 0.6 is 0 Å². The van der Waals surface area contributed by atoms with Gasteiger partial charge in [-0.15, -0.1) is 0 Å². The summed E-state index contributed by atoms with van der Waals surface area (Å²) in [5.74, 6) is 0.445. The summed E-state index contributed by atoms with van der Waals surface area (Å²) in [6, 6.07) is 0. The number of hydrogen-bond donors (Lipinski definition) is 1. The molecule has 0 saturated heterocycles. The highest BCUT2D eigenvalue weighted by atomic mass is 16.3. The van der Waals surface area contributed by atoms with Crippen LogP contribution in [-0.2, 0) is 13.6 Å². The zero-order chi connectivity index (χ0) is 13.1. The Kier molecular flexibility index (Phi) is 4.40. The van der Waals surface area contributed by atoms with E-state index < -0.39 is 0 Å². The van der Waals surface area contributed by atoms with Crippen LogP contribution in [0.25, 0.3) is 0 Å². The maximum absolute atomic E-state index is 10.00. The largest absolute Gasteiger partial charge is 0.393 e. The Morgan fingerprint density at radius 1 is 1.44 bits per heavy atom. The van der Waals surface area contributed by atoms with Crippen LogP contribution in [0.5, 0.6) is 0 Å². The predicted molar refractivity (Wildman–Crippen MR) is 72.2 cm³/mol. The minimum atomic E-state index is -0.101. The molecule has 1 aliphatic carbocycles. The lowest BCUT2D eigenvalue weighted by Crippen LogP contribution is -2.34. The van der Waals surface area contributed by atoms with Crippen molar-refractivity contribution < 1.29 is 5.11 Å². The summed E-state index contributed by atoms with van der Waals surface area (Å²) in [7, 11) is 4.09. The molecule has 0 spiro atoms. The van der Waals surface area contributed by atoms with Gasteiger partial charge in [0.2, 0.25) is 0 Å². The summed E-state index contributed by atoms with van der Waals surface area (Å²) in [6.07, 6.45) is 6.58. The normalized spacial score (nSPS) is 24.7. The van der Waals surface area contributed by atoms with Gasteiger partial charge >= 0.3 is 0 Å². The van der Waals surface area contributed by atoms with Gasteiger partial charge in [-0.25, -0.2) is 0 Å². The Morgan fingerprint density at radius 2 is 2.17 bits per heavy atom. The lowest BCUT2D eigenvalue weighted by Gasteiger charge is -2.31. The molecule has 0 aromatic carbocycles. The van der Waals surface area contributed by atoms with E-state index in [2.05, 4.69) is 30.2 Å². The standard InChI is InChI=1S/C14H25N3O/c1-11-13(10-17(3)15-11)9-16(2)8-12-6-4-5-7-14(12)18/h10,12,14,18H,4-9H2,1-3H3. The van der Waals surface area contributed by atoms with Gasteiger partial charge in [0.05, 0.1) is 11.8 Å². The van der Waals surface area contributed by atoms with Gasteiger partial charge in [-0.05, 0) is 32.7 Å². The van der Waals surface area contributed by atoms with Gasteiger partial charge in [-0.2, -0.15) is 5.10 Å². The quantitative estimate of drug-likeness (QED) is 0.886. The summed E-state index contributed by atoms with van der Waals surface area (Å²) < 4.78 is 1.87. The molecule has 4 heteroatoms. The van der Waals surface area contributed by atoms with E-state index in [1.165, 1.54) is 18.4 Å². The molecule has 1 aliphatic rings. The molecule has 1 aromatic heterocycles. The Balaban J connectivity index is 1.88. The lowest BCUT2D eigenvalue weighted by molar-refractivity contribution is 0.0501. The third kappa shape index (κ3) is 3.33. The monoisotopic (exact) mass is 251 g/mol. The van der Waals surface area contributed by atoms with Crippen molar-refractivity contribution in [1.82, 2.24) is 14.7 Å². The highest BCUT2D eigenvalue weighted by Gasteiger charge is 2.24. The average molecular weight is 251 g/mol. The molecule has 1 N–H and O–H groups in total. The number of aliphatic hydroxyl groups excluding tert-OH is 1. The first-order valence-corrected chi connectivity index (χ1v) is 6.92. The molecule has 2 atom stereocenters. The minimum Gasteiger partial charge on any atom is -0.393 e. The number of hydrogen-bond acceptors (Lipinski definition) is 3. The van der Waals surface area contributed by atoms with Crippen LogP contribution in [0.15, 0.2) is 6.20 Å².